The van der Waals surface area contributed by atoms with Crippen LogP contribution >= 0.6 is 0 Å². The van der Waals surface area contributed by atoms with Gasteiger partial charge in [0.15, 0.2) is 0 Å². The van der Waals surface area contributed by atoms with E-state index in [9.17, 15) is 24.6 Å². The Balaban J connectivity index is 1.82. The maximum atomic E-state index is 12.9. The second-order valence-electron chi connectivity index (χ2n) is 9.16. The van der Waals surface area contributed by atoms with Crippen molar-refractivity contribution in [2.75, 3.05) is 13.1 Å². The number of hydrogen-bond acceptors (Lipinski definition) is 7. The number of aromatic hydroxyl groups is 2. The van der Waals surface area contributed by atoms with Gasteiger partial charge in [0.1, 0.15) is 28.8 Å². The monoisotopic (exact) mass is 470 g/mol. The van der Waals surface area contributed by atoms with Crippen molar-refractivity contribution in [1.82, 2.24) is 10.2 Å². The van der Waals surface area contributed by atoms with Gasteiger partial charge in [0.2, 0.25) is 0 Å². The Hall–Kier alpha value is -3.75. The van der Waals surface area contributed by atoms with Crippen LogP contribution in [0, 0.1) is 0 Å². The minimum absolute atomic E-state index is 0.0133. The van der Waals surface area contributed by atoms with Gasteiger partial charge < -0.3 is 29.9 Å². The summed E-state index contributed by atoms with van der Waals surface area (Å²) in [5.41, 5.74) is -0.374. The minimum atomic E-state index is -0.749. The smallest absolute Gasteiger partial charge is 0.410 e. The molecule has 34 heavy (non-hydrogen) atoms. The number of ether oxygens (including phenoxy) is 2. The number of rotatable bonds is 4. The topological polar surface area (TPSA) is 125 Å². The second-order valence-corrected chi connectivity index (χ2v) is 9.16. The van der Waals surface area contributed by atoms with Crippen LogP contribution in [0.1, 0.15) is 54.3 Å². The standard InChI is InChI=1S/C25H30N2O7/c1-25(2,3)34-24(32)27-14-6-9-21(33-23(31)18-7-4-5-8-20(18)29)19(15-27)26-22(30)16-10-12-17(28)13-11-16/h4-5,7-8,10-13,19,21,28-29H,6,9,14-15H2,1-3H3,(H,26,30)/t19-,21-/m1/s1. The van der Waals surface area contributed by atoms with E-state index in [1.54, 1.807) is 32.9 Å². The van der Waals surface area contributed by atoms with Gasteiger partial charge in [-0.1, -0.05) is 12.1 Å². The number of amides is 2. The van der Waals surface area contributed by atoms with E-state index in [1.807, 2.05) is 0 Å². The average Bonchev–Trinajstić information content (AvgIpc) is 2.95. The fraction of sp³-hybridized carbons (Fsp3) is 0.400. The summed E-state index contributed by atoms with van der Waals surface area (Å²) < 4.78 is 11.2. The number of likely N-dealkylation sites (tertiary alicyclic amines) is 1. The largest absolute Gasteiger partial charge is 0.508 e. The molecule has 0 bridgehead atoms. The van der Waals surface area contributed by atoms with Crippen LogP contribution in [-0.2, 0) is 9.47 Å². The lowest BCUT2D eigenvalue weighted by Crippen LogP contribution is -2.51. The van der Waals surface area contributed by atoms with Crippen molar-refractivity contribution in [3.63, 3.8) is 0 Å². The normalized spacial score (nSPS) is 18.5. The first-order chi connectivity index (χ1) is 16.0. The molecule has 3 rings (SSSR count). The summed E-state index contributed by atoms with van der Waals surface area (Å²) in [5, 5.41) is 22.4. The lowest BCUT2D eigenvalue weighted by Gasteiger charge is -2.30. The summed E-state index contributed by atoms with van der Waals surface area (Å²) in [6, 6.07) is 11.0. The molecule has 9 heteroatoms. The Morgan fingerprint density at radius 1 is 1.03 bits per heavy atom. The zero-order valence-electron chi connectivity index (χ0n) is 19.5. The summed E-state index contributed by atoms with van der Waals surface area (Å²) in [7, 11) is 0. The molecule has 0 spiro atoms. The van der Waals surface area contributed by atoms with Gasteiger partial charge >= 0.3 is 12.1 Å². The highest BCUT2D eigenvalue weighted by Gasteiger charge is 2.35. The highest BCUT2D eigenvalue weighted by Crippen LogP contribution is 2.23. The summed E-state index contributed by atoms with van der Waals surface area (Å²) >= 11 is 0. The molecule has 3 N–H and O–H groups in total. The summed E-state index contributed by atoms with van der Waals surface area (Å²) in [6.45, 7) is 5.74. The van der Waals surface area contributed by atoms with Crippen molar-refractivity contribution in [2.45, 2.75) is 51.4 Å². The van der Waals surface area contributed by atoms with Crippen molar-refractivity contribution in [1.29, 1.82) is 0 Å². The summed E-state index contributed by atoms with van der Waals surface area (Å²) in [5.74, 6) is -1.35. The number of para-hydroxylation sites is 1. The van der Waals surface area contributed by atoms with E-state index in [0.29, 0.717) is 24.9 Å². The molecule has 2 atom stereocenters. The Bertz CT molecular complexity index is 1030. The van der Waals surface area contributed by atoms with Gasteiger partial charge in [-0.25, -0.2) is 9.59 Å². The van der Waals surface area contributed by atoms with Gasteiger partial charge in [-0.15, -0.1) is 0 Å². The van der Waals surface area contributed by atoms with Crippen LogP contribution < -0.4 is 5.32 Å². The molecule has 182 valence electrons. The van der Waals surface area contributed by atoms with Crippen molar-refractivity contribution in [2.24, 2.45) is 0 Å². The Labute approximate surface area is 198 Å². The van der Waals surface area contributed by atoms with Gasteiger partial charge in [-0.3, -0.25) is 4.79 Å². The first-order valence-corrected chi connectivity index (χ1v) is 11.1. The van der Waals surface area contributed by atoms with E-state index in [2.05, 4.69) is 5.32 Å². The lowest BCUT2D eigenvalue weighted by molar-refractivity contribution is 0.0125. The zero-order valence-corrected chi connectivity index (χ0v) is 19.5. The zero-order chi connectivity index (χ0) is 24.9. The molecule has 1 heterocycles. The second kappa shape index (κ2) is 10.5. The van der Waals surface area contributed by atoms with Gasteiger partial charge in [0, 0.05) is 18.7 Å². The predicted molar refractivity (Wildman–Crippen MR) is 124 cm³/mol. The van der Waals surface area contributed by atoms with E-state index in [0.717, 1.165) is 0 Å². The van der Waals surface area contributed by atoms with E-state index in [-0.39, 0.29) is 23.6 Å². The van der Waals surface area contributed by atoms with Crippen LogP contribution in [0.2, 0.25) is 0 Å². The number of esters is 1. The highest BCUT2D eigenvalue weighted by molar-refractivity contribution is 5.95. The van der Waals surface area contributed by atoms with Crippen LogP contribution in [0.25, 0.3) is 0 Å². The maximum absolute atomic E-state index is 12.9. The molecule has 0 radical (unpaired) electrons. The van der Waals surface area contributed by atoms with Crippen LogP contribution in [0.15, 0.2) is 48.5 Å². The van der Waals surface area contributed by atoms with Crippen molar-refractivity contribution in [3.8, 4) is 11.5 Å². The molecular weight excluding hydrogens is 440 g/mol. The van der Waals surface area contributed by atoms with Crippen molar-refractivity contribution >= 4 is 18.0 Å². The number of nitrogens with zero attached hydrogens (tertiary/aromatic N) is 1. The first-order valence-electron chi connectivity index (χ1n) is 11.1. The van der Waals surface area contributed by atoms with Crippen LogP contribution in [0.4, 0.5) is 4.79 Å². The predicted octanol–water partition coefficient (Wildman–Crippen LogP) is 3.45. The molecule has 1 saturated heterocycles. The third-order valence-corrected chi connectivity index (χ3v) is 5.26. The SMILES string of the molecule is CC(C)(C)OC(=O)N1CCC[C@@H](OC(=O)c2ccccc2O)[C@H](NC(=O)c2ccc(O)cc2)C1. The van der Waals surface area contributed by atoms with Gasteiger partial charge in [-0.05, 0) is 70.0 Å². The summed E-state index contributed by atoms with van der Waals surface area (Å²) in [4.78, 5) is 39.9. The molecule has 1 aliphatic rings. The fourth-order valence-electron chi connectivity index (χ4n) is 3.61. The number of phenols is 2. The minimum Gasteiger partial charge on any atom is -0.508 e. The Morgan fingerprint density at radius 3 is 2.35 bits per heavy atom. The van der Waals surface area contributed by atoms with Crippen molar-refractivity contribution < 1.29 is 34.1 Å². The molecule has 2 aromatic rings. The number of benzene rings is 2. The third kappa shape index (κ3) is 6.63. The molecule has 0 aromatic heterocycles. The molecule has 2 amide bonds. The molecule has 1 fully saturated rings. The van der Waals surface area contributed by atoms with Gasteiger partial charge in [-0.2, -0.15) is 0 Å². The molecule has 1 aliphatic heterocycles. The van der Waals surface area contributed by atoms with E-state index >= 15 is 0 Å². The van der Waals surface area contributed by atoms with E-state index in [1.165, 1.54) is 41.3 Å². The molecular formula is C25H30N2O7. The molecule has 0 unspecified atom stereocenters. The molecule has 0 aliphatic carbocycles. The van der Waals surface area contributed by atoms with Crippen molar-refractivity contribution in [3.05, 3.63) is 59.7 Å². The number of carbonyl (C=O) groups excluding carboxylic acids is 3. The Kier molecular flexibility index (Phi) is 7.65. The first kappa shape index (κ1) is 24.9. The number of carbonyl (C=O) groups is 3. The molecule has 2 aromatic carbocycles. The average molecular weight is 471 g/mol. The third-order valence-electron chi connectivity index (χ3n) is 5.26. The van der Waals surface area contributed by atoms with Crippen LogP contribution in [-0.4, -0.2) is 63.9 Å². The fourth-order valence-corrected chi connectivity index (χ4v) is 3.61. The van der Waals surface area contributed by atoms with E-state index < -0.39 is 35.7 Å². The van der Waals surface area contributed by atoms with Crippen LogP contribution in [0.3, 0.4) is 0 Å². The number of hydrogen-bond donors (Lipinski definition) is 3. The molecule has 9 nitrogen and oxygen atoms in total. The number of nitrogens with one attached hydrogen (secondary N) is 1. The van der Waals surface area contributed by atoms with Crippen LogP contribution in [0.5, 0.6) is 11.5 Å². The van der Waals surface area contributed by atoms with Gasteiger partial charge in [0.25, 0.3) is 5.91 Å². The Morgan fingerprint density at radius 2 is 1.71 bits per heavy atom. The number of phenolic OH excluding ortho intramolecular Hbond substituents is 2. The highest BCUT2D eigenvalue weighted by atomic mass is 16.6. The maximum Gasteiger partial charge on any atom is 0.410 e. The summed E-state index contributed by atoms with van der Waals surface area (Å²) in [6.07, 6.45) is -0.368. The lowest BCUT2D eigenvalue weighted by atomic mass is 10.1. The van der Waals surface area contributed by atoms with E-state index in [4.69, 9.17) is 9.47 Å². The quantitative estimate of drug-likeness (QED) is 0.585. The molecule has 0 saturated carbocycles. The van der Waals surface area contributed by atoms with Gasteiger partial charge in [0.05, 0.1) is 6.04 Å².